The van der Waals surface area contributed by atoms with Crippen molar-refractivity contribution in [3.05, 3.63) is 95.4 Å². The molecule has 0 radical (unpaired) electrons. The van der Waals surface area contributed by atoms with E-state index in [2.05, 4.69) is 60.5 Å². The smallest absolute Gasteiger partial charge is 0.294 e. The summed E-state index contributed by atoms with van der Waals surface area (Å²) in [6.07, 6.45) is 8.40. The molecule has 1 aromatic heterocycles. The second kappa shape index (κ2) is 9.48. The van der Waals surface area contributed by atoms with Gasteiger partial charge in [0.1, 0.15) is 0 Å². The van der Waals surface area contributed by atoms with Crippen molar-refractivity contribution in [3.63, 3.8) is 0 Å². The van der Waals surface area contributed by atoms with Gasteiger partial charge in [-0.2, -0.15) is 8.42 Å². The summed E-state index contributed by atoms with van der Waals surface area (Å²) in [6, 6.07) is 17.6. The SMILES string of the molecule is C=C(/C=C/C=c1\c2cccc3cccc(c32)n1CCCC)C(C)(C)c1cc(S(=O)(=O)O)ccc1C. The van der Waals surface area contributed by atoms with Crippen LogP contribution in [0.1, 0.15) is 44.7 Å². The van der Waals surface area contributed by atoms with Crippen molar-refractivity contribution in [1.29, 1.82) is 0 Å². The summed E-state index contributed by atoms with van der Waals surface area (Å²) in [5.41, 5.74) is 3.33. The van der Waals surface area contributed by atoms with Crippen molar-refractivity contribution in [2.45, 2.75) is 57.4 Å². The molecule has 1 heterocycles. The van der Waals surface area contributed by atoms with Crippen molar-refractivity contribution in [2.24, 2.45) is 0 Å². The van der Waals surface area contributed by atoms with Gasteiger partial charge in [-0.25, -0.2) is 0 Å². The van der Waals surface area contributed by atoms with E-state index in [9.17, 15) is 13.0 Å². The zero-order valence-corrected chi connectivity index (χ0v) is 21.7. The Labute approximate surface area is 208 Å². The monoisotopic (exact) mass is 487 g/mol. The lowest BCUT2D eigenvalue weighted by Crippen LogP contribution is -2.21. The lowest BCUT2D eigenvalue weighted by Gasteiger charge is -2.28. The van der Waals surface area contributed by atoms with E-state index in [1.807, 2.05) is 32.9 Å². The third-order valence-corrected chi connectivity index (χ3v) is 7.86. The molecule has 0 unspecified atom stereocenters. The van der Waals surface area contributed by atoms with Gasteiger partial charge < -0.3 is 4.57 Å². The minimum absolute atomic E-state index is 0.103. The van der Waals surface area contributed by atoms with Gasteiger partial charge in [-0.1, -0.05) is 82.3 Å². The highest BCUT2D eigenvalue weighted by Crippen LogP contribution is 2.35. The third-order valence-electron chi connectivity index (χ3n) is 7.01. The van der Waals surface area contributed by atoms with E-state index < -0.39 is 15.5 Å². The van der Waals surface area contributed by atoms with Crippen molar-refractivity contribution < 1.29 is 13.0 Å². The number of hydrogen-bond acceptors (Lipinski definition) is 2. The van der Waals surface area contributed by atoms with Gasteiger partial charge in [-0.15, -0.1) is 0 Å². The quantitative estimate of drug-likeness (QED) is 0.221. The Morgan fingerprint density at radius 2 is 1.83 bits per heavy atom. The van der Waals surface area contributed by atoms with Crippen LogP contribution in [-0.4, -0.2) is 17.5 Å². The molecule has 5 heteroatoms. The molecule has 35 heavy (non-hydrogen) atoms. The highest BCUT2D eigenvalue weighted by atomic mass is 32.2. The van der Waals surface area contributed by atoms with Crippen LogP contribution in [0, 0.1) is 6.92 Å². The first-order chi connectivity index (χ1) is 16.6. The molecular weight excluding hydrogens is 454 g/mol. The van der Waals surface area contributed by atoms with E-state index in [1.165, 1.54) is 33.1 Å². The van der Waals surface area contributed by atoms with Gasteiger partial charge in [0.05, 0.1) is 4.90 Å². The molecule has 4 nitrogen and oxygen atoms in total. The van der Waals surface area contributed by atoms with Crippen LogP contribution >= 0.6 is 0 Å². The van der Waals surface area contributed by atoms with E-state index in [-0.39, 0.29) is 4.90 Å². The topological polar surface area (TPSA) is 59.3 Å². The molecule has 3 aromatic carbocycles. The highest BCUT2D eigenvalue weighted by molar-refractivity contribution is 7.85. The molecule has 4 aromatic rings. The lowest BCUT2D eigenvalue weighted by molar-refractivity contribution is 0.482. The molecule has 182 valence electrons. The van der Waals surface area contributed by atoms with Gasteiger partial charge in [0.15, 0.2) is 0 Å². The summed E-state index contributed by atoms with van der Waals surface area (Å²) in [4.78, 5) is -0.103. The summed E-state index contributed by atoms with van der Waals surface area (Å²) in [6.45, 7) is 13.4. The maximum absolute atomic E-state index is 11.7. The van der Waals surface area contributed by atoms with Crippen LogP contribution in [0.2, 0.25) is 0 Å². The predicted molar refractivity (Wildman–Crippen MR) is 146 cm³/mol. The number of aryl methyl sites for hydroxylation is 2. The maximum Gasteiger partial charge on any atom is 0.294 e. The van der Waals surface area contributed by atoms with Crippen LogP contribution in [-0.2, 0) is 22.1 Å². The molecule has 1 N–H and O–H groups in total. The number of allylic oxidation sites excluding steroid dienone is 3. The fourth-order valence-electron chi connectivity index (χ4n) is 4.84. The van der Waals surface area contributed by atoms with Gasteiger partial charge in [0.2, 0.25) is 0 Å². The van der Waals surface area contributed by atoms with Crippen molar-refractivity contribution in [2.75, 3.05) is 0 Å². The standard InChI is InChI=1S/C30H33NO3S/c1-6-7-19-31-27(25-14-9-12-23-13-10-16-28(31)29(23)25)15-8-11-22(3)30(4,5)26-20-24(35(32,33)34)18-17-21(26)2/h8-18,20H,3,6-7,19H2,1-2,4-5H3,(H,32,33,34)/b11-8+,27-15+. The van der Waals surface area contributed by atoms with Gasteiger partial charge in [-0.05, 0) is 59.7 Å². The number of nitrogens with zero attached hydrogens (tertiary/aromatic N) is 1. The number of aromatic nitrogens is 1. The second-order valence-electron chi connectivity index (χ2n) is 9.70. The van der Waals surface area contributed by atoms with Crippen LogP contribution in [0.25, 0.3) is 27.8 Å². The van der Waals surface area contributed by atoms with E-state index in [0.29, 0.717) is 0 Å². The largest absolute Gasteiger partial charge is 0.340 e. The van der Waals surface area contributed by atoms with E-state index >= 15 is 0 Å². The van der Waals surface area contributed by atoms with Gasteiger partial charge in [0.25, 0.3) is 10.1 Å². The van der Waals surface area contributed by atoms with E-state index in [4.69, 9.17) is 0 Å². The van der Waals surface area contributed by atoms with Crippen molar-refractivity contribution in [3.8, 4) is 0 Å². The van der Waals surface area contributed by atoms with Crippen LogP contribution in [0.15, 0.2) is 83.8 Å². The lowest BCUT2D eigenvalue weighted by atomic mass is 9.76. The zero-order chi connectivity index (χ0) is 25.4. The van der Waals surface area contributed by atoms with Crippen molar-refractivity contribution >= 4 is 37.9 Å². The minimum Gasteiger partial charge on any atom is -0.340 e. The number of unbranched alkanes of at least 4 members (excludes halogenated alkanes) is 1. The Bertz CT molecular complexity index is 1600. The molecule has 4 rings (SSSR count). The van der Waals surface area contributed by atoms with Crippen LogP contribution in [0.3, 0.4) is 0 Å². The molecule has 0 saturated carbocycles. The molecule has 0 fully saturated rings. The Kier molecular flexibility index (Phi) is 6.76. The molecule has 0 atom stereocenters. The van der Waals surface area contributed by atoms with Crippen LogP contribution in [0.4, 0.5) is 0 Å². The third kappa shape index (κ3) is 4.71. The average Bonchev–Trinajstić information content (AvgIpc) is 3.11. The number of hydrogen-bond donors (Lipinski definition) is 1. The van der Waals surface area contributed by atoms with Gasteiger partial charge in [0, 0.05) is 33.6 Å². The summed E-state index contributed by atoms with van der Waals surface area (Å²) < 4.78 is 35.3. The molecule has 0 amide bonds. The summed E-state index contributed by atoms with van der Waals surface area (Å²) in [5.74, 6) is 0. The predicted octanol–water partition coefficient (Wildman–Crippen LogP) is 6.74. The molecule has 0 aliphatic rings. The minimum atomic E-state index is -4.28. The first-order valence-corrected chi connectivity index (χ1v) is 13.5. The average molecular weight is 488 g/mol. The fraction of sp³-hybridized carbons (Fsp3) is 0.267. The Morgan fingerprint density at radius 3 is 2.51 bits per heavy atom. The van der Waals surface area contributed by atoms with Crippen LogP contribution in [0.5, 0.6) is 0 Å². The molecule has 0 spiro atoms. The molecule has 0 aliphatic heterocycles. The molecule has 0 saturated heterocycles. The number of benzene rings is 3. The number of rotatable bonds is 8. The molecule has 0 aliphatic carbocycles. The van der Waals surface area contributed by atoms with E-state index in [1.54, 1.807) is 12.1 Å². The first-order valence-electron chi connectivity index (χ1n) is 12.0. The van der Waals surface area contributed by atoms with Crippen LogP contribution < -0.4 is 5.35 Å². The van der Waals surface area contributed by atoms with Gasteiger partial charge in [-0.3, -0.25) is 4.55 Å². The zero-order valence-electron chi connectivity index (χ0n) is 20.9. The fourth-order valence-corrected chi connectivity index (χ4v) is 5.35. The first kappa shape index (κ1) is 25.0. The normalized spacial score (nSPS) is 13.5. The summed E-state index contributed by atoms with van der Waals surface area (Å²) >= 11 is 0. The second-order valence-corrected chi connectivity index (χ2v) is 11.1. The Morgan fingerprint density at radius 1 is 1.11 bits per heavy atom. The summed E-state index contributed by atoms with van der Waals surface area (Å²) in [5, 5.41) is 4.95. The molecule has 0 bridgehead atoms. The van der Waals surface area contributed by atoms with Gasteiger partial charge >= 0.3 is 0 Å². The Balaban J connectivity index is 1.77. The van der Waals surface area contributed by atoms with E-state index in [0.717, 1.165) is 36.1 Å². The Hall–Kier alpha value is -3.15. The highest BCUT2D eigenvalue weighted by Gasteiger charge is 2.26. The maximum atomic E-state index is 11.7. The summed E-state index contributed by atoms with van der Waals surface area (Å²) in [7, 11) is -4.28. The van der Waals surface area contributed by atoms with Crippen molar-refractivity contribution in [1.82, 2.24) is 4.57 Å². The molecular formula is C30H33NO3S.